The Morgan fingerprint density at radius 1 is 1.69 bits per heavy atom. The molecule has 0 fully saturated rings. The minimum absolute atomic E-state index is 0.0140. The van der Waals surface area contributed by atoms with Gasteiger partial charge < -0.3 is 9.84 Å². The number of nitrogens with zero attached hydrogens (tertiary/aromatic N) is 1. The van der Waals surface area contributed by atoms with Crippen LogP contribution in [0.4, 0.5) is 0 Å². The lowest BCUT2D eigenvalue weighted by molar-refractivity contribution is -0.124. The lowest BCUT2D eigenvalue weighted by Crippen LogP contribution is -2.27. The van der Waals surface area contributed by atoms with Crippen molar-refractivity contribution in [3.8, 4) is 0 Å². The largest absolute Gasteiger partial charge is 0.364 e. The molecule has 0 aromatic carbocycles. The third-order valence-electron chi connectivity index (χ3n) is 1.83. The number of nitrogens with one attached hydrogen (secondary N) is 1. The molecule has 0 aliphatic carbocycles. The summed E-state index contributed by atoms with van der Waals surface area (Å²) in [5.74, 6) is 0.0563. The fourth-order valence-corrected chi connectivity index (χ4v) is 0.869. The van der Waals surface area contributed by atoms with Crippen molar-refractivity contribution in [3.05, 3.63) is 17.5 Å². The molecule has 1 N–H and O–H groups in total. The molecule has 1 aromatic rings. The lowest BCUT2D eigenvalue weighted by atomic mass is 10.2. The Morgan fingerprint density at radius 3 is 2.85 bits per heavy atom. The van der Waals surface area contributed by atoms with E-state index in [-0.39, 0.29) is 11.8 Å². The number of hydrogen-bond donors (Lipinski definition) is 1. The SMILES string of the molecule is Cc1nocc1CNC(=O)C(C)C. The summed E-state index contributed by atoms with van der Waals surface area (Å²) in [6.45, 7) is 6.05. The van der Waals surface area contributed by atoms with E-state index in [4.69, 9.17) is 4.52 Å². The minimum atomic E-state index is 0.0140. The first-order valence-corrected chi connectivity index (χ1v) is 4.29. The van der Waals surface area contributed by atoms with Crippen LogP contribution >= 0.6 is 0 Å². The minimum Gasteiger partial charge on any atom is -0.364 e. The van der Waals surface area contributed by atoms with Crippen LogP contribution in [-0.2, 0) is 11.3 Å². The van der Waals surface area contributed by atoms with Gasteiger partial charge in [-0.05, 0) is 6.92 Å². The van der Waals surface area contributed by atoms with Crippen LogP contribution in [0.1, 0.15) is 25.1 Å². The molecule has 0 spiro atoms. The molecule has 1 amide bonds. The Bertz CT molecular complexity index is 292. The Morgan fingerprint density at radius 2 is 2.38 bits per heavy atom. The monoisotopic (exact) mass is 182 g/mol. The summed E-state index contributed by atoms with van der Waals surface area (Å²) in [5, 5.41) is 6.50. The van der Waals surface area contributed by atoms with Gasteiger partial charge in [0.25, 0.3) is 0 Å². The molecule has 1 aromatic heterocycles. The molecular weight excluding hydrogens is 168 g/mol. The van der Waals surface area contributed by atoms with Gasteiger partial charge >= 0.3 is 0 Å². The summed E-state index contributed by atoms with van der Waals surface area (Å²) < 4.78 is 4.74. The smallest absolute Gasteiger partial charge is 0.222 e. The molecule has 13 heavy (non-hydrogen) atoms. The lowest BCUT2D eigenvalue weighted by Gasteiger charge is -2.05. The highest BCUT2D eigenvalue weighted by Gasteiger charge is 2.08. The Balaban J connectivity index is 2.44. The summed E-state index contributed by atoms with van der Waals surface area (Å²) in [6, 6.07) is 0. The van der Waals surface area contributed by atoms with Crippen molar-refractivity contribution >= 4 is 5.91 Å². The highest BCUT2D eigenvalue weighted by atomic mass is 16.5. The maximum absolute atomic E-state index is 11.2. The molecule has 1 heterocycles. The van der Waals surface area contributed by atoms with Gasteiger partial charge in [-0.3, -0.25) is 4.79 Å². The van der Waals surface area contributed by atoms with E-state index in [0.29, 0.717) is 6.54 Å². The Hall–Kier alpha value is -1.32. The average Bonchev–Trinajstić information content (AvgIpc) is 2.47. The normalized spacial score (nSPS) is 10.5. The van der Waals surface area contributed by atoms with Crippen LogP contribution in [-0.4, -0.2) is 11.1 Å². The molecular formula is C9H14N2O2. The first kappa shape index (κ1) is 9.77. The summed E-state index contributed by atoms with van der Waals surface area (Å²) in [4.78, 5) is 11.2. The number of aromatic nitrogens is 1. The molecule has 0 unspecified atom stereocenters. The van der Waals surface area contributed by atoms with E-state index < -0.39 is 0 Å². The molecule has 1 rings (SSSR count). The van der Waals surface area contributed by atoms with Gasteiger partial charge in [-0.2, -0.15) is 0 Å². The standard InChI is InChI=1S/C9H14N2O2/c1-6(2)9(12)10-4-8-5-13-11-7(8)3/h5-6H,4H2,1-3H3,(H,10,12). The summed E-state index contributed by atoms with van der Waals surface area (Å²) in [5.41, 5.74) is 1.75. The van der Waals surface area contributed by atoms with Crippen LogP contribution in [0.15, 0.2) is 10.8 Å². The molecule has 0 saturated heterocycles. The van der Waals surface area contributed by atoms with Crippen molar-refractivity contribution in [1.82, 2.24) is 10.5 Å². The Kier molecular flexibility index (Phi) is 3.06. The maximum Gasteiger partial charge on any atom is 0.222 e. The molecule has 0 bridgehead atoms. The second kappa shape index (κ2) is 4.07. The van der Waals surface area contributed by atoms with Gasteiger partial charge in [0.15, 0.2) is 0 Å². The zero-order chi connectivity index (χ0) is 9.84. The van der Waals surface area contributed by atoms with Crippen LogP contribution in [0.5, 0.6) is 0 Å². The number of rotatable bonds is 3. The topological polar surface area (TPSA) is 55.1 Å². The van der Waals surface area contributed by atoms with Crippen molar-refractivity contribution in [1.29, 1.82) is 0 Å². The molecule has 0 aliphatic rings. The third kappa shape index (κ3) is 2.57. The van der Waals surface area contributed by atoms with E-state index >= 15 is 0 Å². The van der Waals surface area contributed by atoms with Crippen molar-refractivity contribution < 1.29 is 9.32 Å². The predicted octanol–water partition coefficient (Wildman–Crippen LogP) is 1.26. The number of aryl methyl sites for hydroxylation is 1. The number of amides is 1. The molecule has 0 aliphatic heterocycles. The fourth-order valence-electron chi connectivity index (χ4n) is 0.869. The highest BCUT2D eigenvalue weighted by molar-refractivity contribution is 5.77. The zero-order valence-electron chi connectivity index (χ0n) is 8.13. The number of carbonyl (C=O) groups is 1. The number of carbonyl (C=O) groups excluding carboxylic acids is 1. The van der Waals surface area contributed by atoms with E-state index in [2.05, 4.69) is 10.5 Å². The van der Waals surface area contributed by atoms with E-state index in [1.807, 2.05) is 20.8 Å². The van der Waals surface area contributed by atoms with E-state index in [1.165, 1.54) is 0 Å². The van der Waals surface area contributed by atoms with Crippen LogP contribution in [0.3, 0.4) is 0 Å². The number of hydrogen-bond acceptors (Lipinski definition) is 3. The van der Waals surface area contributed by atoms with Gasteiger partial charge in [0.05, 0.1) is 5.69 Å². The highest BCUT2D eigenvalue weighted by Crippen LogP contribution is 2.04. The zero-order valence-corrected chi connectivity index (χ0v) is 8.13. The first-order chi connectivity index (χ1) is 6.11. The summed E-state index contributed by atoms with van der Waals surface area (Å²) in [6.07, 6.45) is 1.55. The van der Waals surface area contributed by atoms with Gasteiger partial charge in [0.1, 0.15) is 6.26 Å². The molecule has 4 heteroatoms. The van der Waals surface area contributed by atoms with Crippen LogP contribution in [0, 0.1) is 12.8 Å². The van der Waals surface area contributed by atoms with Gasteiger partial charge in [-0.25, -0.2) is 0 Å². The average molecular weight is 182 g/mol. The predicted molar refractivity (Wildman–Crippen MR) is 47.9 cm³/mol. The van der Waals surface area contributed by atoms with E-state index in [1.54, 1.807) is 6.26 Å². The van der Waals surface area contributed by atoms with Crippen molar-refractivity contribution in [2.75, 3.05) is 0 Å². The van der Waals surface area contributed by atoms with Gasteiger partial charge in [-0.1, -0.05) is 19.0 Å². The molecule has 0 atom stereocenters. The maximum atomic E-state index is 11.2. The van der Waals surface area contributed by atoms with Crippen molar-refractivity contribution in [2.24, 2.45) is 5.92 Å². The van der Waals surface area contributed by atoms with Crippen LogP contribution < -0.4 is 5.32 Å². The van der Waals surface area contributed by atoms with Crippen LogP contribution in [0.25, 0.3) is 0 Å². The van der Waals surface area contributed by atoms with Gasteiger partial charge in [0.2, 0.25) is 5.91 Å². The van der Waals surface area contributed by atoms with Gasteiger partial charge in [0, 0.05) is 18.0 Å². The molecule has 0 radical (unpaired) electrons. The van der Waals surface area contributed by atoms with Crippen LogP contribution in [0.2, 0.25) is 0 Å². The Labute approximate surface area is 77.3 Å². The van der Waals surface area contributed by atoms with Crippen molar-refractivity contribution in [3.63, 3.8) is 0 Å². The van der Waals surface area contributed by atoms with E-state index in [0.717, 1.165) is 11.3 Å². The molecule has 72 valence electrons. The fraction of sp³-hybridized carbons (Fsp3) is 0.556. The third-order valence-corrected chi connectivity index (χ3v) is 1.83. The summed E-state index contributed by atoms with van der Waals surface area (Å²) in [7, 11) is 0. The van der Waals surface area contributed by atoms with Crippen molar-refractivity contribution in [2.45, 2.75) is 27.3 Å². The quantitative estimate of drug-likeness (QED) is 0.765. The van der Waals surface area contributed by atoms with Gasteiger partial charge in [-0.15, -0.1) is 0 Å². The summed E-state index contributed by atoms with van der Waals surface area (Å²) >= 11 is 0. The first-order valence-electron chi connectivity index (χ1n) is 4.29. The second-order valence-electron chi connectivity index (χ2n) is 3.30. The second-order valence-corrected chi connectivity index (χ2v) is 3.30. The molecule has 0 saturated carbocycles. The van der Waals surface area contributed by atoms with E-state index in [9.17, 15) is 4.79 Å². The molecule has 4 nitrogen and oxygen atoms in total.